The maximum absolute atomic E-state index is 11.5. The van der Waals surface area contributed by atoms with E-state index in [-0.39, 0.29) is 12.5 Å². The molecule has 92 valence electrons. The highest BCUT2D eigenvalue weighted by Crippen LogP contribution is 2.00. The number of methoxy groups -OCH3 is 1. The van der Waals surface area contributed by atoms with Crippen LogP contribution in [-0.2, 0) is 4.74 Å². The molecular weight excluding hydrogens is 222 g/mol. The quantitative estimate of drug-likeness (QED) is 0.649. The zero-order valence-corrected chi connectivity index (χ0v) is 9.56. The Kier molecular flexibility index (Phi) is 5.20. The summed E-state index contributed by atoms with van der Waals surface area (Å²) in [4.78, 5) is 14.2. The average Bonchev–Trinajstić information content (AvgIpc) is 2.77. The van der Waals surface area contributed by atoms with E-state index in [1.807, 2.05) is 6.07 Å². The van der Waals surface area contributed by atoms with Crippen LogP contribution in [0.2, 0.25) is 0 Å². The fourth-order valence-corrected chi connectivity index (χ4v) is 1.32. The summed E-state index contributed by atoms with van der Waals surface area (Å²) in [6.07, 6.45) is -0.163. The predicted molar refractivity (Wildman–Crippen MR) is 60.3 cm³/mol. The van der Waals surface area contributed by atoms with Gasteiger partial charge in [0.25, 0.3) is 5.91 Å². The number of nitriles is 1. The summed E-state index contributed by atoms with van der Waals surface area (Å²) in [5.41, 5.74) is 0.678. The number of ether oxygens (including phenoxy) is 1. The zero-order chi connectivity index (χ0) is 12.7. The molecule has 6 heteroatoms. The molecule has 1 aromatic rings. The topological polar surface area (TPSA) is 98.1 Å². The van der Waals surface area contributed by atoms with Gasteiger partial charge >= 0.3 is 0 Å². The Balaban J connectivity index is 2.33. The number of H-pyrrole nitrogens is 1. The fraction of sp³-hybridized carbons (Fsp3) is 0.455. The summed E-state index contributed by atoms with van der Waals surface area (Å²) < 4.78 is 4.76. The summed E-state index contributed by atoms with van der Waals surface area (Å²) in [6, 6.07) is 4.98. The number of nitrogens with one attached hydrogen (secondary N) is 2. The molecule has 0 aliphatic rings. The van der Waals surface area contributed by atoms with Crippen molar-refractivity contribution in [3.8, 4) is 6.07 Å². The van der Waals surface area contributed by atoms with E-state index >= 15 is 0 Å². The van der Waals surface area contributed by atoms with Crippen molar-refractivity contribution >= 4 is 5.91 Å². The van der Waals surface area contributed by atoms with Gasteiger partial charge in [-0.05, 0) is 18.6 Å². The van der Waals surface area contributed by atoms with Crippen molar-refractivity contribution in [2.45, 2.75) is 12.5 Å². The molecule has 1 atom stereocenters. The molecule has 0 saturated carbocycles. The van der Waals surface area contributed by atoms with Crippen LogP contribution in [0.5, 0.6) is 0 Å². The number of hydrogen-bond donors (Lipinski definition) is 3. The highest BCUT2D eigenvalue weighted by Gasteiger charge is 2.09. The van der Waals surface area contributed by atoms with E-state index < -0.39 is 6.10 Å². The van der Waals surface area contributed by atoms with Crippen LogP contribution in [0.4, 0.5) is 0 Å². The molecule has 3 N–H and O–H groups in total. The van der Waals surface area contributed by atoms with Gasteiger partial charge in [-0.15, -0.1) is 0 Å². The van der Waals surface area contributed by atoms with Crippen LogP contribution in [0.1, 0.15) is 22.6 Å². The van der Waals surface area contributed by atoms with Crippen molar-refractivity contribution in [3.05, 3.63) is 23.5 Å². The van der Waals surface area contributed by atoms with Crippen LogP contribution in [-0.4, -0.2) is 42.4 Å². The molecule has 1 unspecified atom stereocenters. The van der Waals surface area contributed by atoms with E-state index in [0.29, 0.717) is 24.4 Å². The largest absolute Gasteiger partial charge is 0.391 e. The van der Waals surface area contributed by atoms with Crippen molar-refractivity contribution < 1.29 is 14.6 Å². The lowest BCUT2D eigenvalue weighted by Gasteiger charge is -2.09. The van der Waals surface area contributed by atoms with Gasteiger partial charge in [0.2, 0.25) is 0 Å². The summed E-state index contributed by atoms with van der Waals surface area (Å²) in [7, 11) is 1.50. The van der Waals surface area contributed by atoms with Gasteiger partial charge in [0, 0.05) is 13.7 Å². The van der Waals surface area contributed by atoms with Crippen molar-refractivity contribution in [3.63, 3.8) is 0 Å². The van der Waals surface area contributed by atoms with Gasteiger partial charge in [-0.25, -0.2) is 0 Å². The maximum Gasteiger partial charge on any atom is 0.267 e. The minimum Gasteiger partial charge on any atom is -0.391 e. The summed E-state index contributed by atoms with van der Waals surface area (Å²) in [5, 5.41) is 20.6. The number of aromatic amines is 1. The minimum absolute atomic E-state index is 0.247. The molecule has 0 spiro atoms. The van der Waals surface area contributed by atoms with Gasteiger partial charge in [0.15, 0.2) is 0 Å². The first-order valence-electron chi connectivity index (χ1n) is 5.21. The van der Waals surface area contributed by atoms with Crippen molar-refractivity contribution in [2.24, 2.45) is 0 Å². The number of amides is 1. The highest BCUT2D eigenvalue weighted by atomic mass is 16.5. The predicted octanol–water partition coefficient (Wildman–Crippen LogP) is 0.0136. The number of carbonyl (C=O) groups is 1. The van der Waals surface area contributed by atoms with Crippen LogP contribution in [0.25, 0.3) is 0 Å². The van der Waals surface area contributed by atoms with Gasteiger partial charge in [0.1, 0.15) is 17.5 Å². The van der Waals surface area contributed by atoms with Gasteiger partial charge in [-0.1, -0.05) is 0 Å². The smallest absolute Gasteiger partial charge is 0.267 e. The molecule has 0 aromatic carbocycles. The third-order valence-electron chi connectivity index (χ3n) is 2.17. The van der Waals surface area contributed by atoms with E-state index in [1.165, 1.54) is 13.2 Å². The Bertz CT molecular complexity index is 408. The lowest BCUT2D eigenvalue weighted by molar-refractivity contribution is 0.0587. The van der Waals surface area contributed by atoms with Crippen LogP contribution >= 0.6 is 0 Å². The molecular formula is C11H15N3O3. The first kappa shape index (κ1) is 13.2. The van der Waals surface area contributed by atoms with Gasteiger partial charge < -0.3 is 20.1 Å². The lowest BCUT2D eigenvalue weighted by atomic mass is 10.2. The zero-order valence-electron chi connectivity index (χ0n) is 9.56. The first-order chi connectivity index (χ1) is 8.17. The number of aromatic nitrogens is 1. The van der Waals surface area contributed by atoms with E-state index in [4.69, 9.17) is 10.00 Å². The van der Waals surface area contributed by atoms with Crippen LogP contribution in [0.3, 0.4) is 0 Å². The first-order valence-corrected chi connectivity index (χ1v) is 5.21. The third kappa shape index (κ3) is 4.26. The van der Waals surface area contributed by atoms with E-state index in [9.17, 15) is 9.90 Å². The van der Waals surface area contributed by atoms with E-state index in [1.54, 1.807) is 6.07 Å². The van der Waals surface area contributed by atoms with Gasteiger partial charge in [-0.3, -0.25) is 4.79 Å². The SMILES string of the molecule is COCC(O)CCNC(=O)c1ccc(C#N)[nH]1. The molecule has 1 amide bonds. The average molecular weight is 237 g/mol. The van der Waals surface area contributed by atoms with Crippen LogP contribution in [0.15, 0.2) is 12.1 Å². The van der Waals surface area contributed by atoms with Crippen molar-refractivity contribution in [2.75, 3.05) is 20.3 Å². The lowest BCUT2D eigenvalue weighted by Crippen LogP contribution is -2.28. The molecule has 1 aromatic heterocycles. The van der Waals surface area contributed by atoms with Gasteiger partial charge in [-0.2, -0.15) is 5.26 Å². The molecule has 1 heterocycles. The molecule has 1 rings (SSSR count). The molecule has 0 aliphatic carbocycles. The normalized spacial score (nSPS) is 11.8. The minimum atomic E-state index is -0.585. The number of nitrogens with zero attached hydrogens (tertiary/aromatic N) is 1. The number of rotatable bonds is 6. The van der Waals surface area contributed by atoms with Crippen LogP contribution in [0, 0.1) is 11.3 Å². The summed E-state index contributed by atoms with van der Waals surface area (Å²) in [6.45, 7) is 0.598. The van der Waals surface area contributed by atoms with Gasteiger partial charge in [0.05, 0.1) is 12.7 Å². The van der Waals surface area contributed by atoms with E-state index in [0.717, 1.165) is 0 Å². The summed E-state index contributed by atoms with van der Waals surface area (Å²) >= 11 is 0. The van der Waals surface area contributed by atoms with Crippen molar-refractivity contribution in [1.29, 1.82) is 5.26 Å². The molecule has 17 heavy (non-hydrogen) atoms. The fourth-order valence-electron chi connectivity index (χ4n) is 1.32. The Hall–Kier alpha value is -1.84. The van der Waals surface area contributed by atoms with Crippen molar-refractivity contribution in [1.82, 2.24) is 10.3 Å². The second-order valence-corrected chi connectivity index (χ2v) is 3.55. The highest BCUT2D eigenvalue weighted by molar-refractivity contribution is 5.92. The second kappa shape index (κ2) is 6.68. The number of carbonyl (C=O) groups excluding carboxylic acids is 1. The molecule has 0 radical (unpaired) electrons. The summed E-state index contributed by atoms with van der Waals surface area (Å²) in [5.74, 6) is -0.295. The Morgan fingerprint density at radius 2 is 2.47 bits per heavy atom. The number of hydrogen-bond acceptors (Lipinski definition) is 4. The molecule has 0 fully saturated rings. The Morgan fingerprint density at radius 1 is 1.71 bits per heavy atom. The second-order valence-electron chi connectivity index (χ2n) is 3.55. The number of aliphatic hydroxyl groups is 1. The monoisotopic (exact) mass is 237 g/mol. The Labute approximate surface area is 99.2 Å². The maximum atomic E-state index is 11.5. The van der Waals surface area contributed by atoms with Crippen LogP contribution < -0.4 is 5.32 Å². The Morgan fingerprint density at radius 3 is 3.06 bits per heavy atom. The molecule has 0 aliphatic heterocycles. The van der Waals surface area contributed by atoms with E-state index in [2.05, 4.69) is 10.3 Å². The number of aliphatic hydroxyl groups excluding tert-OH is 1. The molecule has 0 bridgehead atoms. The molecule has 6 nitrogen and oxygen atoms in total. The molecule has 0 saturated heterocycles. The third-order valence-corrected chi connectivity index (χ3v) is 2.17. The standard InChI is InChI=1S/C11H15N3O3/c1-17-7-9(15)4-5-13-11(16)10-3-2-8(6-12)14-10/h2-3,9,14-15H,4-5,7H2,1H3,(H,13,16).